The number of hydrogen-bond donors (Lipinski definition) is 2. The van der Waals surface area contributed by atoms with Crippen LogP contribution in [0.25, 0.3) is 0 Å². The van der Waals surface area contributed by atoms with Crippen molar-refractivity contribution in [1.82, 2.24) is 10.6 Å². The number of rotatable bonds is 2. The van der Waals surface area contributed by atoms with E-state index in [1.807, 2.05) is 0 Å². The summed E-state index contributed by atoms with van der Waals surface area (Å²) in [5, 5.41) is 6.69. The second-order valence-electron chi connectivity index (χ2n) is 6.34. The molecule has 1 saturated carbocycles. The summed E-state index contributed by atoms with van der Waals surface area (Å²) >= 11 is 0. The van der Waals surface area contributed by atoms with Crippen LogP contribution in [-0.4, -0.2) is 24.5 Å². The highest BCUT2D eigenvalue weighted by atomic mass is 35.5. The van der Waals surface area contributed by atoms with E-state index in [0.29, 0.717) is 5.91 Å². The Labute approximate surface area is 123 Å². The zero-order valence-electron chi connectivity index (χ0n) is 12.2. The first kappa shape index (κ1) is 16.8. The van der Waals surface area contributed by atoms with Gasteiger partial charge in [0.15, 0.2) is 0 Å². The monoisotopic (exact) mass is 288 g/mol. The van der Waals surface area contributed by atoms with Gasteiger partial charge in [0.2, 0.25) is 5.91 Å². The van der Waals surface area contributed by atoms with Crippen LogP contribution in [0.5, 0.6) is 0 Å². The lowest BCUT2D eigenvalue weighted by atomic mass is 9.87. The molecule has 0 atom stereocenters. The van der Waals surface area contributed by atoms with Gasteiger partial charge in [-0.25, -0.2) is 0 Å². The third kappa shape index (κ3) is 5.31. The van der Waals surface area contributed by atoms with Crippen LogP contribution in [0.2, 0.25) is 0 Å². The van der Waals surface area contributed by atoms with Gasteiger partial charge in [0.05, 0.1) is 0 Å². The van der Waals surface area contributed by atoms with E-state index in [4.69, 9.17) is 0 Å². The summed E-state index contributed by atoms with van der Waals surface area (Å²) in [7, 11) is 0. The standard InChI is InChI=1S/C15H28N2O.ClH/c1-15(9-11-16-12-10-15)17-14(18)13-7-5-3-2-4-6-8-13;/h13,16H,2-12H2,1H3,(H,17,18);1H. The Morgan fingerprint density at radius 2 is 1.58 bits per heavy atom. The zero-order chi connectivity index (χ0) is 12.8. The molecule has 1 aliphatic heterocycles. The number of carbonyl (C=O) groups excluding carboxylic acids is 1. The number of halogens is 1. The van der Waals surface area contributed by atoms with Crippen LogP contribution in [0.15, 0.2) is 0 Å². The maximum Gasteiger partial charge on any atom is 0.223 e. The summed E-state index contributed by atoms with van der Waals surface area (Å²) in [5.41, 5.74) is 0.0324. The van der Waals surface area contributed by atoms with Crippen molar-refractivity contribution in [2.75, 3.05) is 13.1 Å². The van der Waals surface area contributed by atoms with Crippen molar-refractivity contribution in [1.29, 1.82) is 0 Å². The lowest BCUT2D eigenvalue weighted by molar-refractivity contribution is -0.127. The molecule has 2 N–H and O–H groups in total. The minimum atomic E-state index is 0. The Morgan fingerprint density at radius 1 is 1.05 bits per heavy atom. The smallest absolute Gasteiger partial charge is 0.223 e. The zero-order valence-corrected chi connectivity index (χ0v) is 13.0. The van der Waals surface area contributed by atoms with Crippen molar-refractivity contribution in [2.24, 2.45) is 5.92 Å². The first-order valence-corrected chi connectivity index (χ1v) is 7.72. The van der Waals surface area contributed by atoms with Crippen LogP contribution in [-0.2, 0) is 4.79 Å². The minimum absolute atomic E-state index is 0. The van der Waals surface area contributed by atoms with Crippen molar-refractivity contribution < 1.29 is 4.79 Å². The lowest BCUT2D eigenvalue weighted by Crippen LogP contribution is -2.53. The SMILES string of the molecule is CC1(NC(=O)C2CCCCCCC2)CCNCC1.Cl. The van der Waals surface area contributed by atoms with Crippen molar-refractivity contribution in [3.63, 3.8) is 0 Å². The highest BCUT2D eigenvalue weighted by molar-refractivity contribution is 5.85. The van der Waals surface area contributed by atoms with Gasteiger partial charge in [-0.2, -0.15) is 0 Å². The summed E-state index contributed by atoms with van der Waals surface area (Å²) in [6.45, 7) is 4.26. The fourth-order valence-electron chi connectivity index (χ4n) is 3.22. The van der Waals surface area contributed by atoms with E-state index in [1.54, 1.807) is 0 Å². The molecule has 1 saturated heterocycles. The maximum atomic E-state index is 12.4. The fourth-order valence-corrected chi connectivity index (χ4v) is 3.22. The summed E-state index contributed by atoms with van der Waals surface area (Å²) in [4.78, 5) is 12.4. The first-order valence-electron chi connectivity index (χ1n) is 7.72. The van der Waals surface area contributed by atoms with Gasteiger partial charge in [-0.05, 0) is 45.7 Å². The third-order valence-corrected chi connectivity index (χ3v) is 4.61. The molecule has 19 heavy (non-hydrogen) atoms. The molecule has 0 spiro atoms. The van der Waals surface area contributed by atoms with Gasteiger partial charge >= 0.3 is 0 Å². The van der Waals surface area contributed by atoms with Crippen molar-refractivity contribution in [3.8, 4) is 0 Å². The molecule has 0 aromatic carbocycles. The molecular formula is C15H29ClN2O. The molecule has 1 aliphatic carbocycles. The highest BCUT2D eigenvalue weighted by Crippen LogP contribution is 2.24. The van der Waals surface area contributed by atoms with Gasteiger partial charge in [-0.15, -0.1) is 12.4 Å². The molecule has 1 heterocycles. The van der Waals surface area contributed by atoms with Crippen LogP contribution in [0.1, 0.15) is 64.7 Å². The van der Waals surface area contributed by atoms with Gasteiger partial charge in [0.1, 0.15) is 0 Å². The number of hydrogen-bond acceptors (Lipinski definition) is 2. The molecule has 1 amide bonds. The maximum absolute atomic E-state index is 12.4. The number of amides is 1. The van der Waals surface area contributed by atoms with Gasteiger partial charge in [-0.1, -0.05) is 32.1 Å². The van der Waals surface area contributed by atoms with Gasteiger partial charge in [0, 0.05) is 11.5 Å². The van der Waals surface area contributed by atoms with Crippen LogP contribution in [0.3, 0.4) is 0 Å². The topological polar surface area (TPSA) is 41.1 Å². The van der Waals surface area contributed by atoms with E-state index in [1.165, 1.54) is 32.1 Å². The molecule has 0 radical (unpaired) electrons. The van der Waals surface area contributed by atoms with Crippen molar-refractivity contribution in [2.45, 2.75) is 70.3 Å². The Balaban J connectivity index is 0.00000180. The van der Waals surface area contributed by atoms with E-state index in [2.05, 4.69) is 17.6 Å². The summed E-state index contributed by atoms with van der Waals surface area (Å²) in [6.07, 6.45) is 10.8. The molecule has 3 nitrogen and oxygen atoms in total. The largest absolute Gasteiger partial charge is 0.351 e. The molecule has 2 aliphatic rings. The molecule has 2 rings (SSSR count). The number of piperidine rings is 1. The molecule has 112 valence electrons. The fraction of sp³-hybridized carbons (Fsp3) is 0.933. The highest BCUT2D eigenvalue weighted by Gasteiger charge is 2.30. The Hall–Kier alpha value is -0.280. The predicted octanol–water partition coefficient (Wildman–Crippen LogP) is 3.03. The molecule has 4 heteroatoms. The molecular weight excluding hydrogens is 260 g/mol. The van der Waals surface area contributed by atoms with Gasteiger partial charge in [0.25, 0.3) is 0 Å². The number of nitrogens with one attached hydrogen (secondary N) is 2. The Kier molecular flexibility index (Phi) is 7.16. The third-order valence-electron chi connectivity index (χ3n) is 4.61. The molecule has 0 aromatic rings. The summed E-state index contributed by atoms with van der Waals surface area (Å²) < 4.78 is 0. The predicted molar refractivity (Wildman–Crippen MR) is 81.7 cm³/mol. The average molecular weight is 289 g/mol. The molecule has 0 aromatic heterocycles. The van der Waals surface area contributed by atoms with Crippen LogP contribution >= 0.6 is 12.4 Å². The van der Waals surface area contributed by atoms with Crippen LogP contribution in [0, 0.1) is 5.92 Å². The summed E-state index contributed by atoms with van der Waals surface area (Å²) in [5.74, 6) is 0.596. The van der Waals surface area contributed by atoms with E-state index < -0.39 is 0 Å². The van der Waals surface area contributed by atoms with E-state index >= 15 is 0 Å². The average Bonchev–Trinajstić information content (AvgIpc) is 2.28. The van der Waals surface area contributed by atoms with Crippen molar-refractivity contribution in [3.05, 3.63) is 0 Å². The second kappa shape index (κ2) is 8.11. The van der Waals surface area contributed by atoms with E-state index in [0.717, 1.165) is 38.8 Å². The van der Waals surface area contributed by atoms with Crippen molar-refractivity contribution >= 4 is 18.3 Å². The number of carbonyl (C=O) groups is 1. The minimum Gasteiger partial charge on any atom is -0.351 e. The molecule has 2 fully saturated rings. The second-order valence-corrected chi connectivity index (χ2v) is 6.34. The molecule has 0 unspecified atom stereocenters. The van der Waals surface area contributed by atoms with Crippen LogP contribution < -0.4 is 10.6 Å². The van der Waals surface area contributed by atoms with E-state index in [-0.39, 0.29) is 23.9 Å². The van der Waals surface area contributed by atoms with E-state index in [9.17, 15) is 4.79 Å². The Bertz CT molecular complexity index is 269. The van der Waals surface area contributed by atoms with Gasteiger partial charge < -0.3 is 10.6 Å². The first-order chi connectivity index (χ1) is 8.70. The Morgan fingerprint density at radius 3 is 2.16 bits per heavy atom. The normalized spacial score (nSPS) is 24.7. The van der Waals surface area contributed by atoms with Gasteiger partial charge in [-0.3, -0.25) is 4.79 Å². The molecule has 0 bridgehead atoms. The lowest BCUT2D eigenvalue weighted by Gasteiger charge is -2.36. The summed E-state index contributed by atoms with van der Waals surface area (Å²) in [6, 6.07) is 0. The van der Waals surface area contributed by atoms with Crippen LogP contribution in [0.4, 0.5) is 0 Å². The quantitative estimate of drug-likeness (QED) is 0.820.